The number of carbonyl (C=O) groups excluding carboxylic acids is 2. The Morgan fingerprint density at radius 2 is 1.55 bits per heavy atom. The average Bonchev–Trinajstić information content (AvgIpc) is 2.97. The van der Waals surface area contributed by atoms with E-state index in [1.807, 2.05) is 6.07 Å². The first kappa shape index (κ1) is 28.1. The first-order chi connectivity index (χ1) is 19.3. The number of rotatable bonds is 11. The maximum atomic E-state index is 14.1. The monoisotopic (exact) mass is 543 g/mol. The number of carbonyl (C=O) groups is 3. The third-order valence-electron chi connectivity index (χ3n) is 6.34. The molecule has 1 heterocycles. The van der Waals surface area contributed by atoms with Crippen LogP contribution in [0.2, 0.25) is 0 Å². The molecule has 7 nitrogen and oxygen atoms in total. The summed E-state index contributed by atoms with van der Waals surface area (Å²) in [5.41, 5.74) is 2.40. The molecule has 0 saturated heterocycles. The van der Waals surface area contributed by atoms with E-state index in [1.54, 1.807) is 67.0 Å². The molecule has 0 aliphatic carbocycles. The summed E-state index contributed by atoms with van der Waals surface area (Å²) in [5.74, 6) is -3.18. The zero-order valence-electron chi connectivity index (χ0n) is 21.5. The van der Waals surface area contributed by atoms with Crippen LogP contribution in [0.1, 0.15) is 38.3 Å². The third-order valence-corrected chi connectivity index (χ3v) is 6.34. The van der Waals surface area contributed by atoms with Gasteiger partial charge in [-0.05, 0) is 59.5 Å². The molecule has 0 fully saturated rings. The minimum atomic E-state index is -1.02. The highest BCUT2D eigenvalue weighted by atomic mass is 19.1. The van der Waals surface area contributed by atoms with E-state index in [4.69, 9.17) is 0 Å². The Bertz CT molecular complexity index is 1510. The number of nitrogens with zero attached hydrogens (tertiary/aromatic N) is 2. The number of hydrogen-bond acceptors (Lipinski definition) is 4. The molecule has 0 bridgehead atoms. The number of nitrogens with one attached hydrogen (secondary N) is 1. The molecule has 0 aliphatic rings. The van der Waals surface area contributed by atoms with Gasteiger partial charge < -0.3 is 15.3 Å². The number of benzene rings is 3. The summed E-state index contributed by atoms with van der Waals surface area (Å²) in [6, 6.07) is 20.1. The van der Waals surface area contributed by atoms with E-state index in [0.717, 1.165) is 23.8 Å². The summed E-state index contributed by atoms with van der Waals surface area (Å²) in [6.45, 7) is 0.0478. The standard InChI is InChI=1S/C31H27F2N3O4/c32-23-11-12-28(33)22(18-23)20-35-30(39)26-9-3-1-7-24(26)25-8-2-4-10-27(25)31(40)36(17-14-29(37)38)16-13-21-6-5-15-34-19-21/h1-12,15,18-19H,13-14,16-17,20H2,(H,35,39)(H,37,38). The zero-order chi connectivity index (χ0) is 28.5. The van der Waals surface area contributed by atoms with Gasteiger partial charge in [0.1, 0.15) is 11.6 Å². The molecule has 204 valence electrons. The molecule has 9 heteroatoms. The second-order valence-corrected chi connectivity index (χ2v) is 9.06. The van der Waals surface area contributed by atoms with Crippen LogP contribution in [0.25, 0.3) is 11.1 Å². The summed E-state index contributed by atoms with van der Waals surface area (Å²) >= 11 is 0. The number of carboxylic acid groups (broad SMARTS) is 1. The molecule has 0 saturated carbocycles. The second kappa shape index (κ2) is 13.2. The lowest BCUT2D eigenvalue weighted by atomic mass is 9.94. The van der Waals surface area contributed by atoms with Crippen LogP contribution in [-0.4, -0.2) is 45.9 Å². The molecule has 0 atom stereocenters. The van der Waals surface area contributed by atoms with Crippen LogP contribution in [0.5, 0.6) is 0 Å². The van der Waals surface area contributed by atoms with Crippen molar-refractivity contribution < 1.29 is 28.3 Å². The van der Waals surface area contributed by atoms with E-state index < -0.39 is 23.5 Å². The molecule has 2 amide bonds. The number of pyridine rings is 1. The smallest absolute Gasteiger partial charge is 0.305 e. The first-order valence-corrected chi connectivity index (χ1v) is 12.6. The van der Waals surface area contributed by atoms with Crippen molar-refractivity contribution in [2.24, 2.45) is 0 Å². The fraction of sp³-hybridized carbons (Fsp3) is 0.161. The van der Waals surface area contributed by atoms with Crippen molar-refractivity contribution in [3.05, 3.63) is 125 Å². The number of amides is 2. The van der Waals surface area contributed by atoms with Gasteiger partial charge in [-0.25, -0.2) is 8.78 Å². The minimum absolute atomic E-state index is 0.00379. The topological polar surface area (TPSA) is 99.6 Å². The van der Waals surface area contributed by atoms with Gasteiger partial charge in [-0.15, -0.1) is 0 Å². The zero-order valence-corrected chi connectivity index (χ0v) is 21.5. The van der Waals surface area contributed by atoms with Gasteiger partial charge in [0.25, 0.3) is 11.8 Å². The Balaban J connectivity index is 1.61. The second-order valence-electron chi connectivity index (χ2n) is 9.06. The SMILES string of the molecule is O=C(O)CCN(CCc1cccnc1)C(=O)c1ccccc1-c1ccccc1C(=O)NCc1cc(F)ccc1F. The largest absolute Gasteiger partial charge is 0.481 e. The first-order valence-electron chi connectivity index (χ1n) is 12.6. The van der Waals surface area contributed by atoms with Gasteiger partial charge in [0.15, 0.2) is 0 Å². The molecule has 4 aromatic rings. The van der Waals surface area contributed by atoms with Crippen molar-refractivity contribution in [2.45, 2.75) is 19.4 Å². The molecule has 2 N–H and O–H groups in total. The maximum Gasteiger partial charge on any atom is 0.305 e. The number of halogens is 2. The van der Waals surface area contributed by atoms with E-state index in [-0.39, 0.29) is 43.1 Å². The molecule has 40 heavy (non-hydrogen) atoms. The molecule has 0 unspecified atom stereocenters. The summed E-state index contributed by atoms with van der Waals surface area (Å²) < 4.78 is 27.6. The average molecular weight is 544 g/mol. The van der Waals surface area contributed by atoms with E-state index >= 15 is 0 Å². The van der Waals surface area contributed by atoms with Crippen molar-refractivity contribution in [3.63, 3.8) is 0 Å². The predicted octanol–water partition coefficient (Wildman–Crippen LogP) is 5.12. The van der Waals surface area contributed by atoms with Gasteiger partial charge in [-0.2, -0.15) is 0 Å². The van der Waals surface area contributed by atoms with Crippen LogP contribution in [0, 0.1) is 11.6 Å². The molecule has 0 radical (unpaired) electrons. The lowest BCUT2D eigenvalue weighted by Crippen LogP contribution is -2.35. The highest BCUT2D eigenvalue weighted by Gasteiger charge is 2.22. The fourth-order valence-electron chi connectivity index (χ4n) is 4.30. The van der Waals surface area contributed by atoms with Gasteiger partial charge in [0, 0.05) is 48.7 Å². The van der Waals surface area contributed by atoms with Gasteiger partial charge >= 0.3 is 5.97 Å². The van der Waals surface area contributed by atoms with Crippen LogP contribution < -0.4 is 5.32 Å². The molecule has 1 aromatic heterocycles. The van der Waals surface area contributed by atoms with E-state index in [1.165, 1.54) is 4.90 Å². The summed E-state index contributed by atoms with van der Waals surface area (Å²) in [5, 5.41) is 11.9. The van der Waals surface area contributed by atoms with Crippen LogP contribution in [0.3, 0.4) is 0 Å². The van der Waals surface area contributed by atoms with Crippen LogP contribution in [0.15, 0.2) is 91.3 Å². The summed E-state index contributed by atoms with van der Waals surface area (Å²) in [7, 11) is 0. The van der Waals surface area contributed by atoms with Gasteiger partial charge in [-0.3, -0.25) is 19.4 Å². The minimum Gasteiger partial charge on any atom is -0.481 e. The Labute approximate surface area is 230 Å². The normalized spacial score (nSPS) is 10.7. The van der Waals surface area contributed by atoms with Crippen molar-refractivity contribution in [1.29, 1.82) is 0 Å². The number of carboxylic acids is 1. The van der Waals surface area contributed by atoms with Crippen molar-refractivity contribution in [2.75, 3.05) is 13.1 Å². The van der Waals surface area contributed by atoms with Gasteiger partial charge in [-0.1, -0.05) is 42.5 Å². The van der Waals surface area contributed by atoms with Gasteiger partial charge in [0.2, 0.25) is 0 Å². The van der Waals surface area contributed by atoms with Crippen molar-refractivity contribution >= 4 is 17.8 Å². The number of hydrogen-bond donors (Lipinski definition) is 2. The van der Waals surface area contributed by atoms with E-state index in [0.29, 0.717) is 23.1 Å². The van der Waals surface area contributed by atoms with Gasteiger partial charge in [0.05, 0.1) is 6.42 Å². The van der Waals surface area contributed by atoms with Crippen LogP contribution >= 0.6 is 0 Å². The Morgan fingerprint density at radius 1 is 0.850 bits per heavy atom. The summed E-state index contributed by atoms with van der Waals surface area (Å²) in [6.07, 6.45) is 3.60. The molecule has 4 rings (SSSR count). The van der Waals surface area contributed by atoms with Crippen LogP contribution in [-0.2, 0) is 17.8 Å². The quantitative estimate of drug-likeness (QED) is 0.274. The third kappa shape index (κ3) is 7.13. The van der Waals surface area contributed by atoms with Crippen LogP contribution in [0.4, 0.5) is 8.78 Å². The molecule has 0 aliphatic heterocycles. The van der Waals surface area contributed by atoms with E-state index in [9.17, 15) is 28.3 Å². The molecule has 0 spiro atoms. The summed E-state index contributed by atoms with van der Waals surface area (Å²) in [4.78, 5) is 43.8. The van der Waals surface area contributed by atoms with Crippen molar-refractivity contribution in [3.8, 4) is 11.1 Å². The Kier molecular flexibility index (Phi) is 9.30. The number of aromatic nitrogens is 1. The maximum absolute atomic E-state index is 14.1. The predicted molar refractivity (Wildman–Crippen MR) is 146 cm³/mol. The lowest BCUT2D eigenvalue weighted by molar-refractivity contribution is -0.137. The lowest BCUT2D eigenvalue weighted by Gasteiger charge is -2.24. The Hall–Kier alpha value is -4.92. The van der Waals surface area contributed by atoms with E-state index in [2.05, 4.69) is 10.3 Å². The fourth-order valence-corrected chi connectivity index (χ4v) is 4.30. The highest BCUT2D eigenvalue weighted by molar-refractivity contribution is 6.06. The number of aliphatic carboxylic acids is 1. The Morgan fingerprint density at radius 3 is 2.25 bits per heavy atom. The highest BCUT2D eigenvalue weighted by Crippen LogP contribution is 2.28. The molecular weight excluding hydrogens is 516 g/mol. The van der Waals surface area contributed by atoms with Crippen molar-refractivity contribution in [1.82, 2.24) is 15.2 Å². The molecule has 3 aromatic carbocycles. The molecular formula is C31H27F2N3O4.